The number of pyridine rings is 1. The Morgan fingerprint density at radius 2 is 1.92 bits per heavy atom. The van der Waals surface area contributed by atoms with E-state index in [9.17, 15) is 24.5 Å². The largest absolute Gasteiger partial charge is 0.474 e. The SMILES string of the molecule is CCOC(=O)COc1ccc(N2CC(CN3CCN(C(=O)OC(C)(C)C)CC3)OC2=O)nc1[N+](=O)[O-]. The molecule has 0 bridgehead atoms. The lowest BCUT2D eigenvalue weighted by Crippen LogP contribution is -2.51. The topological polar surface area (TPSA) is 154 Å². The molecule has 1 atom stereocenters. The van der Waals surface area contributed by atoms with Gasteiger partial charge in [0, 0.05) is 38.8 Å². The predicted molar refractivity (Wildman–Crippen MR) is 125 cm³/mol. The van der Waals surface area contributed by atoms with Crippen molar-refractivity contribution in [2.75, 3.05) is 57.4 Å². The van der Waals surface area contributed by atoms with Crippen LogP contribution in [0.2, 0.25) is 0 Å². The highest BCUT2D eigenvalue weighted by Gasteiger charge is 2.38. The third-order valence-corrected chi connectivity index (χ3v) is 5.28. The molecular weight excluding hydrogens is 478 g/mol. The van der Waals surface area contributed by atoms with E-state index in [1.54, 1.807) is 11.8 Å². The molecule has 0 N–H and O–H groups in total. The van der Waals surface area contributed by atoms with E-state index in [0.29, 0.717) is 32.7 Å². The minimum absolute atomic E-state index is 0.0347. The minimum atomic E-state index is -0.757. The number of anilines is 1. The monoisotopic (exact) mass is 509 g/mol. The van der Waals surface area contributed by atoms with Crippen LogP contribution < -0.4 is 9.64 Å². The van der Waals surface area contributed by atoms with E-state index in [-0.39, 0.29) is 30.8 Å². The molecule has 3 rings (SSSR count). The van der Waals surface area contributed by atoms with Crippen LogP contribution in [0.1, 0.15) is 27.7 Å². The highest BCUT2D eigenvalue weighted by Crippen LogP contribution is 2.30. The van der Waals surface area contributed by atoms with Crippen molar-refractivity contribution in [3.63, 3.8) is 0 Å². The number of rotatable bonds is 8. The summed E-state index contributed by atoms with van der Waals surface area (Å²) >= 11 is 0. The number of cyclic esters (lactones) is 1. The zero-order valence-electron chi connectivity index (χ0n) is 20.8. The van der Waals surface area contributed by atoms with Gasteiger partial charge in [-0.25, -0.2) is 19.3 Å². The number of amides is 2. The van der Waals surface area contributed by atoms with Gasteiger partial charge in [-0.2, -0.15) is 0 Å². The molecule has 1 unspecified atom stereocenters. The van der Waals surface area contributed by atoms with Gasteiger partial charge in [0.2, 0.25) is 5.75 Å². The van der Waals surface area contributed by atoms with E-state index in [1.165, 1.54) is 17.0 Å². The van der Waals surface area contributed by atoms with Gasteiger partial charge in [0.15, 0.2) is 6.61 Å². The van der Waals surface area contributed by atoms with Crippen LogP contribution in [-0.2, 0) is 19.0 Å². The number of nitrogens with zero attached hydrogens (tertiary/aromatic N) is 5. The van der Waals surface area contributed by atoms with Gasteiger partial charge in [-0.3, -0.25) is 4.90 Å². The van der Waals surface area contributed by atoms with Gasteiger partial charge in [-0.15, -0.1) is 0 Å². The number of nitro groups is 1. The molecule has 2 saturated heterocycles. The van der Waals surface area contributed by atoms with Crippen molar-refractivity contribution in [1.82, 2.24) is 14.8 Å². The number of carbonyl (C=O) groups is 3. The van der Waals surface area contributed by atoms with Crippen LogP contribution in [0.15, 0.2) is 12.1 Å². The lowest BCUT2D eigenvalue weighted by atomic mass is 10.2. The Morgan fingerprint density at radius 3 is 2.53 bits per heavy atom. The third-order valence-electron chi connectivity index (χ3n) is 5.28. The summed E-state index contributed by atoms with van der Waals surface area (Å²) in [6, 6.07) is 2.66. The van der Waals surface area contributed by atoms with Crippen molar-refractivity contribution in [2.24, 2.45) is 0 Å². The second-order valence-electron chi connectivity index (χ2n) is 9.23. The average molecular weight is 510 g/mol. The van der Waals surface area contributed by atoms with Gasteiger partial charge in [-0.1, -0.05) is 0 Å². The molecule has 2 aliphatic rings. The maximum Gasteiger partial charge on any atom is 0.417 e. The molecule has 1 aromatic rings. The lowest BCUT2D eigenvalue weighted by Gasteiger charge is -2.36. The number of esters is 1. The first kappa shape index (κ1) is 26.9. The van der Waals surface area contributed by atoms with E-state index in [2.05, 4.69) is 9.88 Å². The molecule has 14 heteroatoms. The van der Waals surface area contributed by atoms with Crippen LogP contribution in [0.4, 0.5) is 21.2 Å². The molecule has 0 spiro atoms. The Hall–Kier alpha value is -3.68. The van der Waals surface area contributed by atoms with Gasteiger partial charge in [0.05, 0.1) is 13.2 Å². The van der Waals surface area contributed by atoms with Gasteiger partial charge < -0.3 is 34.0 Å². The van der Waals surface area contributed by atoms with Crippen molar-refractivity contribution < 1.29 is 38.3 Å². The lowest BCUT2D eigenvalue weighted by molar-refractivity contribution is -0.390. The molecule has 0 aromatic carbocycles. The number of hydrogen-bond donors (Lipinski definition) is 0. The zero-order valence-corrected chi connectivity index (χ0v) is 20.8. The summed E-state index contributed by atoms with van der Waals surface area (Å²) in [6.45, 7) is 9.45. The normalized spacial score (nSPS) is 18.6. The van der Waals surface area contributed by atoms with Crippen molar-refractivity contribution in [1.29, 1.82) is 0 Å². The van der Waals surface area contributed by atoms with Crippen LogP contribution in [0.25, 0.3) is 0 Å². The summed E-state index contributed by atoms with van der Waals surface area (Å²) in [6.07, 6.45) is -1.51. The van der Waals surface area contributed by atoms with Crippen LogP contribution in [0, 0.1) is 10.1 Å². The fourth-order valence-corrected chi connectivity index (χ4v) is 3.69. The number of hydrogen-bond acceptors (Lipinski definition) is 11. The van der Waals surface area contributed by atoms with Crippen molar-refractivity contribution >= 4 is 29.8 Å². The van der Waals surface area contributed by atoms with Crippen LogP contribution in [0.3, 0.4) is 0 Å². The molecule has 36 heavy (non-hydrogen) atoms. The highest BCUT2D eigenvalue weighted by atomic mass is 16.6. The molecule has 0 aliphatic carbocycles. The van der Waals surface area contributed by atoms with Crippen molar-refractivity contribution in [3.05, 3.63) is 22.2 Å². The van der Waals surface area contributed by atoms with E-state index in [0.717, 1.165) is 0 Å². The van der Waals surface area contributed by atoms with Crippen molar-refractivity contribution in [2.45, 2.75) is 39.4 Å². The predicted octanol–water partition coefficient (Wildman–Crippen LogP) is 1.81. The smallest absolute Gasteiger partial charge is 0.417 e. The van der Waals surface area contributed by atoms with Gasteiger partial charge in [0.1, 0.15) is 11.7 Å². The summed E-state index contributed by atoms with van der Waals surface area (Å²) in [5.74, 6) is -1.49. The fourth-order valence-electron chi connectivity index (χ4n) is 3.69. The Morgan fingerprint density at radius 1 is 1.22 bits per heavy atom. The summed E-state index contributed by atoms with van der Waals surface area (Å²) < 4.78 is 20.8. The van der Waals surface area contributed by atoms with Gasteiger partial charge >= 0.3 is 24.0 Å². The molecule has 0 radical (unpaired) electrons. The number of carbonyl (C=O) groups excluding carboxylic acids is 3. The standard InChI is InChI=1S/C22H31N5O9/c1-5-33-18(28)14-34-16-6-7-17(23-19(16)27(31)32)26-13-15(35-21(26)30)12-24-8-10-25(11-9-24)20(29)36-22(2,3)4/h6-7,15H,5,8-14H2,1-4H3. The maximum atomic E-state index is 12.5. The fraction of sp³-hybridized carbons (Fsp3) is 0.636. The maximum absolute atomic E-state index is 12.5. The Kier molecular flexibility index (Phi) is 8.50. The summed E-state index contributed by atoms with van der Waals surface area (Å²) in [5, 5.41) is 11.5. The molecule has 14 nitrogen and oxygen atoms in total. The highest BCUT2D eigenvalue weighted by molar-refractivity contribution is 5.88. The number of ether oxygens (including phenoxy) is 4. The van der Waals surface area contributed by atoms with E-state index >= 15 is 0 Å². The molecule has 2 amide bonds. The van der Waals surface area contributed by atoms with E-state index in [1.807, 2.05) is 20.8 Å². The van der Waals surface area contributed by atoms with Crippen molar-refractivity contribution in [3.8, 4) is 5.75 Å². The molecule has 1 aromatic heterocycles. The average Bonchev–Trinajstić information content (AvgIpc) is 3.16. The molecule has 198 valence electrons. The second-order valence-corrected chi connectivity index (χ2v) is 9.23. The number of aromatic nitrogens is 1. The Bertz CT molecular complexity index is 989. The van der Waals surface area contributed by atoms with Gasteiger partial charge in [0.25, 0.3) is 5.82 Å². The number of piperazine rings is 1. The first-order valence-electron chi connectivity index (χ1n) is 11.6. The first-order valence-corrected chi connectivity index (χ1v) is 11.6. The molecule has 2 fully saturated rings. The van der Waals surface area contributed by atoms with Gasteiger partial charge in [-0.05, 0) is 43.7 Å². The molecule has 0 saturated carbocycles. The quantitative estimate of drug-likeness (QED) is 0.218. The van der Waals surface area contributed by atoms with E-state index in [4.69, 9.17) is 18.9 Å². The zero-order chi connectivity index (χ0) is 26.5. The summed E-state index contributed by atoms with van der Waals surface area (Å²) in [4.78, 5) is 55.8. The molecule has 3 heterocycles. The Balaban J connectivity index is 1.57. The summed E-state index contributed by atoms with van der Waals surface area (Å²) in [7, 11) is 0. The molecular formula is C22H31N5O9. The Labute approximate surface area is 208 Å². The minimum Gasteiger partial charge on any atom is -0.474 e. The second kappa shape index (κ2) is 11.4. The van der Waals surface area contributed by atoms with E-state index < -0.39 is 41.1 Å². The third kappa shape index (κ3) is 7.16. The first-order chi connectivity index (χ1) is 17.0. The van der Waals surface area contributed by atoms with Crippen LogP contribution in [-0.4, -0.2) is 102 Å². The summed E-state index contributed by atoms with van der Waals surface area (Å²) in [5.41, 5.74) is -0.565. The van der Waals surface area contributed by atoms with Crippen LogP contribution >= 0.6 is 0 Å². The molecule has 2 aliphatic heterocycles. The van der Waals surface area contributed by atoms with Crippen LogP contribution in [0.5, 0.6) is 5.75 Å².